The van der Waals surface area contributed by atoms with Gasteiger partial charge in [-0.05, 0) is 30.4 Å². The minimum Gasteiger partial charge on any atom is -0.300 e. The first-order valence-electron chi connectivity index (χ1n) is 9.77. The van der Waals surface area contributed by atoms with Gasteiger partial charge in [-0.1, -0.05) is 31.2 Å². The van der Waals surface area contributed by atoms with Gasteiger partial charge in [-0.3, -0.25) is 14.5 Å². The maximum absolute atomic E-state index is 12.5. The maximum atomic E-state index is 12.5. The van der Waals surface area contributed by atoms with E-state index in [0.717, 1.165) is 30.0 Å². The Morgan fingerprint density at radius 1 is 1.24 bits per heavy atom. The lowest BCUT2D eigenvalue weighted by atomic mass is 9.92. The van der Waals surface area contributed by atoms with Crippen molar-refractivity contribution < 1.29 is 4.79 Å². The van der Waals surface area contributed by atoms with Crippen LogP contribution in [0.25, 0.3) is 10.9 Å². The van der Waals surface area contributed by atoms with Crippen molar-refractivity contribution in [1.29, 1.82) is 0 Å². The summed E-state index contributed by atoms with van der Waals surface area (Å²) in [4.78, 5) is 31.8. The number of fused-ring (bicyclic) bond motifs is 1. The second-order valence-corrected chi connectivity index (χ2v) is 8.76. The predicted octanol–water partition coefficient (Wildman–Crippen LogP) is 2.36. The number of nitrogens with one attached hydrogen (secondary N) is 1. The predicted molar refractivity (Wildman–Crippen MR) is 113 cm³/mol. The van der Waals surface area contributed by atoms with Gasteiger partial charge in [0.2, 0.25) is 5.91 Å². The third-order valence-electron chi connectivity index (χ3n) is 5.05. The molecule has 2 atom stereocenters. The largest absolute Gasteiger partial charge is 0.300 e. The Balaban J connectivity index is 1.38. The highest BCUT2D eigenvalue weighted by molar-refractivity contribution is 7.13. The Labute approximate surface area is 172 Å². The van der Waals surface area contributed by atoms with Crippen molar-refractivity contribution in [2.45, 2.75) is 33.4 Å². The Hall–Kier alpha value is -2.65. The number of rotatable bonds is 5. The second kappa shape index (κ2) is 8.38. The van der Waals surface area contributed by atoms with Crippen molar-refractivity contribution in [2.24, 2.45) is 11.8 Å². The number of hydrogen-bond acceptors (Lipinski definition) is 7. The molecule has 152 valence electrons. The van der Waals surface area contributed by atoms with E-state index in [2.05, 4.69) is 39.4 Å². The number of thiazole rings is 1. The van der Waals surface area contributed by atoms with E-state index in [1.54, 1.807) is 24.3 Å². The van der Waals surface area contributed by atoms with Crippen LogP contribution in [0.5, 0.6) is 0 Å². The number of carbonyl (C=O) groups excluding carboxylic acids is 1. The van der Waals surface area contributed by atoms with Crippen LogP contribution in [-0.4, -0.2) is 43.9 Å². The molecule has 0 unspecified atom stereocenters. The smallest absolute Gasteiger partial charge is 0.278 e. The summed E-state index contributed by atoms with van der Waals surface area (Å²) in [6, 6.07) is 6.95. The van der Waals surface area contributed by atoms with Gasteiger partial charge in [0, 0.05) is 25.0 Å². The summed E-state index contributed by atoms with van der Waals surface area (Å²) in [5, 5.41) is 13.6. The molecule has 2 aromatic heterocycles. The van der Waals surface area contributed by atoms with Crippen molar-refractivity contribution >= 4 is 33.3 Å². The fraction of sp³-hybridized carbons (Fsp3) is 0.450. The van der Waals surface area contributed by atoms with Crippen LogP contribution in [0.15, 0.2) is 34.4 Å². The fourth-order valence-corrected chi connectivity index (χ4v) is 4.73. The molecule has 1 aliphatic rings. The molecule has 3 aromatic rings. The number of nitrogens with zero attached hydrogens (tertiary/aromatic N) is 5. The average Bonchev–Trinajstić information content (AvgIpc) is 3.10. The van der Waals surface area contributed by atoms with Crippen LogP contribution in [0, 0.1) is 11.8 Å². The average molecular weight is 413 g/mol. The lowest BCUT2D eigenvalue weighted by Crippen LogP contribution is -2.38. The molecule has 1 aliphatic heterocycles. The van der Waals surface area contributed by atoms with Crippen LogP contribution in [-0.2, 0) is 17.9 Å². The molecule has 0 radical (unpaired) electrons. The van der Waals surface area contributed by atoms with Gasteiger partial charge in [-0.2, -0.15) is 0 Å². The van der Waals surface area contributed by atoms with Crippen LogP contribution in [0.1, 0.15) is 26.0 Å². The zero-order valence-corrected chi connectivity index (χ0v) is 17.4. The van der Waals surface area contributed by atoms with Crippen LogP contribution in [0.3, 0.4) is 0 Å². The van der Waals surface area contributed by atoms with Crippen molar-refractivity contribution in [3.8, 4) is 0 Å². The number of benzene rings is 1. The van der Waals surface area contributed by atoms with Gasteiger partial charge in [0.25, 0.3) is 5.56 Å². The molecule has 1 amide bonds. The second-order valence-electron chi connectivity index (χ2n) is 7.90. The maximum Gasteiger partial charge on any atom is 0.278 e. The van der Waals surface area contributed by atoms with Crippen LogP contribution in [0.2, 0.25) is 0 Å². The van der Waals surface area contributed by atoms with Gasteiger partial charge >= 0.3 is 0 Å². The summed E-state index contributed by atoms with van der Waals surface area (Å²) in [5.74, 6) is 1.04. The third kappa shape index (κ3) is 4.68. The normalized spacial score (nSPS) is 20.1. The van der Waals surface area contributed by atoms with Gasteiger partial charge in [0.05, 0.1) is 11.1 Å². The summed E-state index contributed by atoms with van der Waals surface area (Å²) in [6.07, 6.45) is 1.27. The molecule has 1 aromatic carbocycles. The Morgan fingerprint density at radius 2 is 2.00 bits per heavy atom. The van der Waals surface area contributed by atoms with Crippen molar-refractivity contribution in [3.63, 3.8) is 0 Å². The summed E-state index contributed by atoms with van der Waals surface area (Å²) in [5.41, 5.74) is 1.13. The van der Waals surface area contributed by atoms with E-state index in [-0.39, 0.29) is 18.0 Å². The molecule has 1 fully saturated rings. The van der Waals surface area contributed by atoms with E-state index in [0.29, 0.717) is 27.9 Å². The van der Waals surface area contributed by atoms with Gasteiger partial charge in [0.15, 0.2) is 5.13 Å². The summed E-state index contributed by atoms with van der Waals surface area (Å²) < 4.78 is 1.07. The van der Waals surface area contributed by atoms with E-state index in [4.69, 9.17) is 0 Å². The molecule has 3 heterocycles. The number of anilines is 1. The number of aromatic nitrogens is 4. The molecule has 0 bridgehead atoms. The molecule has 9 heteroatoms. The first kappa shape index (κ1) is 19.7. The molecule has 4 rings (SSSR count). The Morgan fingerprint density at radius 3 is 2.79 bits per heavy atom. The summed E-state index contributed by atoms with van der Waals surface area (Å²) >= 11 is 1.39. The first-order chi connectivity index (χ1) is 14.0. The highest BCUT2D eigenvalue weighted by Gasteiger charge is 2.22. The highest BCUT2D eigenvalue weighted by atomic mass is 32.1. The van der Waals surface area contributed by atoms with E-state index in [1.807, 2.05) is 5.38 Å². The summed E-state index contributed by atoms with van der Waals surface area (Å²) in [6.45, 7) is 7.31. The molecule has 8 nitrogen and oxygen atoms in total. The third-order valence-corrected chi connectivity index (χ3v) is 5.86. The van der Waals surface area contributed by atoms with Crippen molar-refractivity contribution in [2.75, 3.05) is 18.4 Å². The molecule has 0 saturated carbocycles. The van der Waals surface area contributed by atoms with E-state index >= 15 is 0 Å². The number of carbonyl (C=O) groups is 1. The molecular formula is C20H24N6O2S. The number of hydrogen-bond donors (Lipinski definition) is 1. The lowest BCUT2D eigenvalue weighted by molar-refractivity contribution is -0.117. The van der Waals surface area contributed by atoms with E-state index < -0.39 is 0 Å². The monoisotopic (exact) mass is 412 g/mol. The zero-order valence-electron chi connectivity index (χ0n) is 16.5. The molecule has 29 heavy (non-hydrogen) atoms. The van der Waals surface area contributed by atoms with Crippen LogP contribution in [0.4, 0.5) is 5.13 Å². The Bertz CT molecular complexity index is 1070. The van der Waals surface area contributed by atoms with E-state index in [9.17, 15) is 9.59 Å². The molecule has 0 spiro atoms. The minimum absolute atomic E-state index is 0.202. The lowest BCUT2D eigenvalue weighted by Gasteiger charge is -2.34. The van der Waals surface area contributed by atoms with Crippen molar-refractivity contribution in [3.05, 3.63) is 45.7 Å². The van der Waals surface area contributed by atoms with E-state index in [1.165, 1.54) is 17.8 Å². The number of piperidine rings is 1. The van der Waals surface area contributed by atoms with Crippen molar-refractivity contribution in [1.82, 2.24) is 24.9 Å². The molecule has 0 aliphatic carbocycles. The SMILES string of the molecule is C[C@@H]1C[C@@H](C)CN(Cc2csc(NC(=O)Cn3nnc4ccccc4c3=O)n2)C1. The van der Waals surface area contributed by atoms with Gasteiger partial charge < -0.3 is 5.32 Å². The number of likely N-dealkylation sites (tertiary alicyclic amines) is 1. The van der Waals surface area contributed by atoms with Gasteiger partial charge in [-0.25, -0.2) is 9.67 Å². The fourth-order valence-electron chi connectivity index (χ4n) is 4.01. The number of amides is 1. The topological polar surface area (TPSA) is 93.0 Å². The van der Waals surface area contributed by atoms with Crippen LogP contribution >= 0.6 is 11.3 Å². The van der Waals surface area contributed by atoms with Gasteiger partial charge in [0.1, 0.15) is 12.1 Å². The molecular weight excluding hydrogens is 388 g/mol. The zero-order chi connectivity index (χ0) is 20.4. The summed E-state index contributed by atoms with van der Waals surface area (Å²) in [7, 11) is 0. The molecule has 1 saturated heterocycles. The van der Waals surface area contributed by atoms with Gasteiger partial charge in [-0.15, -0.1) is 16.4 Å². The molecule has 1 N–H and O–H groups in total. The standard InChI is InChI=1S/C20H24N6O2S/c1-13-7-14(2)9-25(8-13)10-15-12-29-20(21-15)22-18(27)11-26-19(28)16-5-3-4-6-17(16)23-24-26/h3-6,12-14H,7-11H2,1-2H3,(H,21,22,27)/t13-,14-/m1/s1. The minimum atomic E-state index is -0.349. The Kier molecular flexibility index (Phi) is 5.68. The highest BCUT2D eigenvalue weighted by Crippen LogP contribution is 2.24. The quantitative estimate of drug-likeness (QED) is 0.692. The van der Waals surface area contributed by atoms with Crippen LogP contribution < -0.4 is 10.9 Å². The first-order valence-corrected chi connectivity index (χ1v) is 10.6.